The van der Waals surface area contributed by atoms with Gasteiger partial charge in [0, 0.05) is 6.08 Å². The molecule has 0 aliphatic heterocycles. The zero-order valence-electron chi connectivity index (χ0n) is 19.3. The summed E-state index contributed by atoms with van der Waals surface area (Å²) in [6, 6.07) is 2.03. The number of hydrogen-bond donors (Lipinski definition) is 0. The molecular formula is C28H47N. The molecule has 164 valence electrons. The molecule has 0 bridgehead atoms. The topological polar surface area (TPSA) is 23.8 Å². The maximum Gasteiger partial charge on any atom is 0.0912 e. The molecule has 29 heavy (non-hydrogen) atoms. The Morgan fingerprint density at radius 3 is 1.72 bits per heavy atom. The molecule has 2 aliphatic carbocycles. The lowest BCUT2D eigenvalue weighted by molar-refractivity contribution is 0.208. The molecule has 0 saturated heterocycles. The third-order valence-corrected chi connectivity index (χ3v) is 7.79. The van der Waals surface area contributed by atoms with Crippen LogP contribution in [0.15, 0.2) is 24.3 Å². The van der Waals surface area contributed by atoms with Crippen molar-refractivity contribution in [2.45, 2.75) is 122 Å². The first-order valence-electron chi connectivity index (χ1n) is 13.0. The van der Waals surface area contributed by atoms with E-state index in [0.29, 0.717) is 0 Å². The van der Waals surface area contributed by atoms with Gasteiger partial charge >= 0.3 is 0 Å². The molecule has 1 heteroatoms. The van der Waals surface area contributed by atoms with Gasteiger partial charge in [0.25, 0.3) is 0 Å². The highest BCUT2D eigenvalue weighted by Crippen LogP contribution is 2.38. The van der Waals surface area contributed by atoms with Gasteiger partial charge in [-0.05, 0) is 36.5 Å². The van der Waals surface area contributed by atoms with Crippen LogP contribution in [-0.2, 0) is 0 Å². The molecule has 0 aromatic heterocycles. The Hall–Kier alpha value is -1.03. The number of unbranched alkanes of at least 4 members (excludes halogenated alkanes) is 4. The van der Waals surface area contributed by atoms with Crippen LogP contribution in [0.4, 0.5) is 0 Å². The standard InChI is InChI=1S/C28H47N/c1-2-3-4-6-9-12-25-14-18-27(19-15-25)22-23-28-20-16-26(17-21-28)13-10-7-5-8-11-24-29/h5,7-8,11,25-28H,2-4,6,9-10,12-23H2,1H3/b7-5+,11-8+. The minimum absolute atomic E-state index is 0.948. The van der Waals surface area contributed by atoms with Crippen LogP contribution in [0.1, 0.15) is 122 Å². The van der Waals surface area contributed by atoms with Crippen LogP contribution in [0.2, 0.25) is 0 Å². The molecule has 0 unspecified atom stereocenters. The van der Waals surface area contributed by atoms with E-state index < -0.39 is 0 Å². The lowest BCUT2D eigenvalue weighted by Gasteiger charge is -2.32. The average Bonchev–Trinajstić information content (AvgIpc) is 2.76. The summed E-state index contributed by atoms with van der Waals surface area (Å²) in [5.41, 5.74) is 0. The Morgan fingerprint density at radius 2 is 1.17 bits per heavy atom. The molecule has 2 fully saturated rings. The summed E-state index contributed by atoms with van der Waals surface area (Å²) < 4.78 is 0. The highest BCUT2D eigenvalue weighted by Gasteiger charge is 2.24. The van der Waals surface area contributed by atoms with Crippen molar-refractivity contribution in [1.82, 2.24) is 0 Å². The Bertz CT molecular complexity index is 481. The molecule has 0 amide bonds. The normalized spacial score (nSPS) is 28.1. The van der Waals surface area contributed by atoms with Gasteiger partial charge in [0.2, 0.25) is 0 Å². The van der Waals surface area contributed by atoms with Crippen molar-refractivity contribution in [2.75, 3.05) is 0 Å². The lowest BCUT2D eigenvalue weighted by atomic mass is 9.74. The van der Waals surface area contributed by atoms with Crippen molar-refractivity contribution in [3.63, 3.8) is 0 Å². The van der Waals surface area contributed by atoms with E-state index in [2.05, 4.69) is 13.0 Å². The van der Waals surface area contributed by atoms with Crippen molar-refractivity contribution >= 4 is 0 Å². The molecule has 0 atom stereocenters. The van der Waals surface area contributed by atoms with Crippen LogP contribution in [-0.4, -0.2) is 0 Å². The van der Waals surface area contributed by atoms with Gasteiger partial charge in [-0.15, -0.1) is 0 Å². The minimum atomic E-state index is 0.948. The van der Waals surface area contributed by atoms with E-state index in [4.69, 9.17) is 5.26 Å². The first-order chi connectivity index (χ1) is 14.3. The van der Waals surface area contributed by atoms with Crippen LogP contribution < -0.4 is 0 Å². The summed E-state index contributed by atoms with van der Waals surface area (Å²) in [6.45, 7) is 2.31. The van der Waals surface area contributed by atoms with Crippen LogP contribution in [0, 0.1) is 35.0 Å². The smallest absolute Gasteiger partial charge is 0.0912 e. The van der Waals surface area contributed by atoms with Gasteiger partial charge in [-0.1, -0.05) is 128 Å². The quantitative estimate of drug-likeness (QED) is 0.173. The van der Waals surface area contributed by atoms with E-state index in [-0.39, 0.29) is 0 Å². The summed E-state index contributed by atoms with van der Waals surface area (Å²) in [7, 11) is 0. The molecule has 2 saturated carbocycles. The van der Waals surface area contributed by atoms with Gasteiger partial charge in [-0.2, -0.15) is 5.26 Å². The molecule has 0 aromatic rings. The second-order valence-corrected chi connectivity index (χ2v) is 10.0. The third kappa shape index (κ3) is 11.1. The van der Waals surface area contributed by atoms with Gasteiger partial charge in [0.1, 0.15) is 0 Å². The second kappa shape index (κ2) is 15.8. The van der Waals surface area contributed by atoms with E-state index in [1.54, 1.807) is 6.08 Å². The molecule has 1 nitrogen and oxygen atoms in total. The van der Waals surface area contributed by atoms with Crippen LogP contribution in [0.5, 0.6) is 0 Å². The van der Waals surface area contributed by atoms with Gasteiger partial charge in [0.15, 0.2) is 0 Å². The fraction of sp³-hybridized carbons (Fsp3) is 0.821. The average molecular weight is 398 g/mol. The van der Waals surface area contributed by atoms with Crippen molar-refractivity contribution in [3.8, 4) is 6.07 Å². The number of nitriles is 1. The van der Waals surface area contributed by atoms with Crippen LogP contribution in [0.25, 0.3) is 0 Å². The van der Waals surface area contributed by atoms with E-state index in [9.17, 15) is 0 Å². The Kier molecular flexibility index (Phi) is 13.2. The zero-order chi connectivity index (χ0) is 20.6. The van der Waals surface area contributed by atoms with Gasteiger partial charge < -0.3 is 0 Å². The summed E-state index contributed by atoms with van der Waals surface area (Å²) >= 11 is 0. The lowest BCUT2D eigenvalue weighted by Crippen LogP contribution is -2.18. The van der Waals surface area contributed by atoms with Gasteiger partial charge in [-0.3, -0.25) is 0 Å². The second-order valence-electron chi connectivity index (χ2n) is 10.0. The molecular weight excluding hydrogens is 350 g/mol. The van der Waals surface area contributed by atoms with Crippen molar-refractivity contribution in [3.05, 3.63) is 24.3 Å². The predicted molar refractivity (Wildman–Crippen MR) is 127 cm³/mol. The third-order valence-electron chi connectivity index (χ3n) is 7.79. The molecule has 0 radical (unpaired) electrons. The van der Waals surface area contributed by atoms with Crippen molar-refractivity contribution in [1.29, 1.82) is 5.26 Å². The number of allylic oxidation sites excluding steroid dienone is 4. The molecule has 0 N–H and O–H groups in total. The number of nitrogens with zero attached hydrogens (tertiary/aromatic N) is 1. The van der Waals surface area contributed by atoms with Gasteiger partial charge in [0.05, 0.1) is 6.07 Å². The number of rotatable bonds is 13. The van der Waals surface area contributed by atoms with Crippen molar-refractivity contribution < 1.29 is 0 Å². The highest BCUT2D eigenvalue weighted by molar-refractivity contribution is 5.11. The predicted octanol–water partition coefficient (Wildman–Crippen LogP) is 9.16. The number of hydrogen-bond acceptors (Lipinski definition) is 1. The molecule has 0 spiro atoms. The first kappa shape index (κ1) is 24.2. The fourth-order valence-corrected chi connectivity index (χ4v) is 5.73. The highest BCUT2D eigenvalue weighted by atomic mass is 14.3. The summed E-state index contributed by atoms with van der Waals surface area (Å²) in [6.07, 6.45) is 33.9. The van der Waals surface area contributed by atoms with E-state index in [1.807, 2.05) is 18.2 Å². The molecule has 0 aromatic carbocycles. The largest absolute Gasteiger partial charge is 0.193 e. The zero-order valence-corrected chi connectivity index (χ0v) is 19.3. The monoisotopic (exact) mass is 397 g/mol. The SMILES string of the molecule is CCCCCCCC1CCC(CCC2CCC(CC/C=C/C=C/C#N)CC2)CC1. The maximum absolute atomic E-state index is 8.47. The van der Waals surface area contributed by atoms with Crippen molar-refractivity contribution in [2.24, 2.45) is 23.7 Å². The summed E-state index contributed by atoms with van der Waals surface area (Å²) in [5.74, 6) is 4.09. The maximum atomic E-state index is 8.47. The molecule has 2 aliphatic rings. The Morgan fingerprint density at radius 1 is 0.655 bits per heavy atom. The van der Waals surface area contributed by atoms with Crippen LogP contribution >= 0.6 is 0 Å². The minimum Gasteiger partial charge on any atom is -0.193 e. The van der Waals surface area contributed by atoms with E-state index in [1.165, 1.54) is 116 Å². The van der Waals surface area contributed by atoms with Gasteiger partial charge in [-0.25, -0.2) is 0 Å². The Labute approximate surface area is 182 Å². The molecule has 2 rings (SSSR count). The summed E-state index contributed by atoms with van der Waals surface area (Å²) in [5, 5.41) is 8.47. The van der Waals surface area contributed by atoms with E-state index >= 15 is 0 Å². The first-order valence-corrected chi connectivity index (χ1v) is 13.0. The molecule has 0 heterocycles. The Balaban J connectivity index is 1.47. The van der Waals surface area contributed by atoms with Crippen LogP contribution in [0.3, 0.4) is 0 Å². The van der Waals surface area contributed by atoms with E-state index in [0.717, 1.165) is 23.7 Å². The fourth-order valence-electron chi connectivity index (χ4n) is 5.73. The summed E-state index contributed by atoms with van der Waals surface area (Å²) in [4.78, 5) is 0.